The molecule has 0 saturated carbocycles. The van der Waals surface area contributed by atoms with Gasteiger partial charge in [-0.15, -0.1) is 0 Å². The second-order valence-electron chi connectivity index (χ2n) is 6.61. The van der Waals surface area contributed by atoms with Gasteiger partial charge in [-0.2, -0.15) is 0 Å². The monoisotopic (exact) mass is 344 g/mol. The van der Waals surface area contributed by atoms with Gasteiger partial charge < -0.3 is 4.74 Å². The summed E-state index contributed by atoms with van der Waals surface area (Å²) in [4.78, 5) is 0.228. The molecule has 21 heavy (non-hydrogen) atoms. The summed E-state index contributed by atoms with van der Waals surface area (Å²) in [5.74, 6) is 1.03. The summed E-state index contributed by atoms with van der Waals surface area (Å²) in [6.45, 7) is 8.60. The van der Waals surface area contributed by atoms with Crippen molar-refractivity contribution < 1.29 is 4.74 Å². The van der Waals surface area contributed by atoms with E-state index in [0.29, 0.717) is 0 Å². The van der Waals surface area contributed by atoms with Crippen molar-refractivity contribution in [1.29, 1.82) is 0 Å². The molecular formula is C19H21BrO. The van der Waals surface area contributed by atoms with Crippen molar-refractivity contribution in [3.8, 4) is 5.75 Å². The second-order valence-corrected chi connectivity index (χ2v) is 7.53. The minimum absolute atomic E-state index is 0.0801. The second kappa shape index (κ2) is 5.17. The predicted octanol–water partition coefficient (Wildman–Crippen LogP) is 5.50. The lowest BCUT2D eigenvalue weighted by atomic mass is 9.96. The van der Waals surface area contributed by atoms with E-state index in [2.05, 4.69) is 80.0 Å². The number of fused-ring (bicyclic) bond motifs is 1. The zero-order valence-electron chi connectivity index (χ0n) is 13.0. The van der Waals surface area contributed by atoms with Gasteiger partial charge in [0.15, 0.2) is 0 Å². The molecule has 0 aliphatic carbocycles. The summed E-state index contributed by atoms with van der Waals surface area (Å²) < 4.78 is 5.95. The van der Waals surface area contributed by atoms with E-state index >= 15 is 0 Å². The first-order chi connectivity index (χ1) is 9.85. The molecule has 110 valence electrons. The summed E-state index contributed by atoms with van der Waals surface area (Å²) >= 11 is 3.85. The first-order valence-corrected chi connectivity index (χ1v) is 8.30. The van der Waals surface area contributed by atoms with Crippen molar-refractivity contribution in [1.82, 2.24) is 0 Å². The van der Waals surface area contributed by atoms with E-state index in [1.54, 1.807) is 0 Å². The highest BCUT2D eigenvalue weighted by Crippen LogP contribution is 2.39. The highest BCUT2D eigenvalue weighted by Gasteiger charge is 2.30. The maximum absolute atomic E-state index is 5.95. The molecule has 1 atom stereocenters. The Morgan fingerprint density at radius 3 is 2.38 bits per heavy atom. The van der Waals surface area contributed by atoms with Gasteiger partial charge in [-0.1, -0.05) is 46.3 Å². The van der Waals surface area contributed by atoms with Gasteiger partial charge in [-0.25, -0.2) is 0 Å². The molecule has 2 aromatic rings. The molecule has 1 aliphatic heterocycles. The Kier molecular flexibility index (Phi) is 3.61. The highest BCUT2D eigenvalue weighted by atomic mass is 79.9. The number of benzene rings is 2. The molecule has 1 heterocycles. The molecule has 0 fully saturated rings. The van der Waals surface area contributed by atoms with Gasteiger partial charge in [0.05, 0.1) is 4.83 Å². The zero-order valence-corrected chi connectivity index (χ0v) is 14.6. The van der Waals surface area contributed by atoms with E-state index in [1.165, 1.54) is 27.8 Å². The molecule has 0 N–H and O–H groups in total. The molecule has 0 radical (unpaired) electrons. The quantitative estimate of drug-likeness (QED) is 0.653. The first kappa shape index (κ1) is 14.6. The maximum atomic E-state index is 5.95. The number of hydrogen-bond donors (Lipinski definition) is 0. The van der Waals surface area contributed by atoms with E-state index in [1.807, 2.05) is 0 Å². The topological polar surface area (TPSA) is 9.23 Å². The van der Waals surface area contributed by atoms with Crippen LogP contribution in [0.3, 0.4) is 0 Å². The van der Waals surface area contributed by atoms with Gasteiger partial charge in [0, 0.05) is 6.42 Å². The van der Waals surface area contributed by atoms with Crippen LogP contribution in [0.4, 0.5) is 0 Å². The maximum Gasteiger partial charge on any atom is 0.123 e. The summed E-state index contributed by atoms with van der Waals surface area (Å²) in [6.07, 6.45) is 0.975. The minimum atomic E-state index is -0.0801. The fraction of sp³-hybridized carbons (Fsp3) is 0.368. The van der Waals surface area contributed by atoms with Gasteiger partial charge in [-0.05, 0) is 61.6 Å². The van der Waals surface area contributed by atoms with Crippen LogP contribution < -0.4 is 4.74 Å². The molecule has 0 saturated heterocycles. The number of hydrogen-bond acceptors (Lipinski definition) is 1. The third-order valence-electron chi connectivity index (χ3n) is 4.20. The summed E-state index contributed by atoms with van der Waals surface area (Å²) in [6, 6.07) is 13.2. The van der Waals surface area contributed by atoms with Crippen LogP contribution in [0, 0.1) is 13.8 Å². The lowest BCUT2D eigenvalue weighted by molar-refractivity contribution is 0.138. The van der Waals surface area contributed by atoms with Gasteiger partial charge in [0.1, 0.15) is 11.4 Å². The third-order valence-corrected chi connectivity index (χ3v) is 5.26. The summed E-state index contributed by atoms with van der Waals surface area (Å²) in [5, 5.41) is 0. The molecule has 0 amide bonds. The largest absolute Gasteiger partial charge is 0.487 e. The van der Waals surface area contributed by atoms with Crippen molar-refractivity contribution in [2.75, 3.05) is 0 Å². The number of halogens is 1. The first-order valence-electron chi connectivity index (χ1n) is 7.39. The molecule has 3 rings (SSSR count). The molecule has 2 aromatic carbocycles. The Labute approximate surface area is 135 Å². The van der Waals surface area contributed by atoms with Crippen LogP contribution in [0.25, 0.3) is 0 Å². The highest BCUT2D eigenvalue weighted by molar-refractivity contribution is 9.09. The van der Waals surface area contributed by atoms with E-state index in [4.69, 9.17) is 4.74 Å². The summed E-state index contributed by atoms with van der Waals surface area (Å²) in [5.41, 5.74) is 6.49. The predicted molar refractivity (Wildman–Crippen MR) is 91.5 cm³/mol. The average molecular weight is 345 g/mol. The Hall–Kier alpha value is -1.28. The SMILES string of the molecule is Cc1ccc(C(Br)c2ccc3c(c2)CC(C)(C)O3)cc1C. The third kappa shape index (κ3) is 2.87. The van der Waals surface area contributed by atoms with E-state index in [-0.39, 0.29) is 10.4 Å². The average Bonchev–Trinajstić information content (AvgIpc) is 2.73. The molecule has 1 nitrogen and oxygen atoms in total. The van der Waals surface area contributed by atoms with Crippen molar-refractivity contribution in [2.45, 2.75) is 44.5 Å². The van der Waals surface area contributed by atoms with E-state index in [9.17, 15) is 0 Å². The number of aryl methyl sites for hydroxylation is 2. The van der Waals surface area contributed by atoms with Crippen molar-refractivity contribution in [3.63, 3.8) is 0 Å². The van der Waals surface area contributed by atoms with Crippen molar-refractivity contribution in [2.24, 2.45) is 0 Å². The molecular weight excluding hydrogens is 324 g/mol. The molecule has 0 aromatic heterocycles. The van der Waals surface area contributed by atoms with Gasteiger partial charge in [0.25, 0.3) is 0 Å². The molecule has 0 bridgehead atoms. The normalized spacial score (nSPS) is 17.2. The lowest BCUT2D eigenvalue weighted by Gasteiger charge is -2.16. The van der Waals surface area contributed by atoms with Gasteiger partial charge in [0.2, 0.25) is 0 Å². The Bertz CT molecular complexity index is 688. The lowest BCUT2D eigenvalue weighted by Crippen LogP contribution is -2.24. The summed E-state index contributed by atoms with van der Waals surface area (Å²) in [7, 11) is 0. The van der Waals surface area contributed by atoms with Crippen LogP contribution >= 0.6 is 15.9 Å². The van der Waals surface area contributed by atoms with Crippen LogP contribution in [0.5, 0.6) is 5.75 Å². The molecule has 1 unspecified atom stereocenters. The Balaban J connectivity index is 1.93. The zero-order chi connectivity index (χ0) is 15.2. The van der Waals surface area contributed by atoms with Crippen LogP contribution in [0.15, 0.2) is 36.4 Å². The van der Waals surface area contributed by atoms with Crippen LogP contribution in [0.2, 0.25) is 0 Å². The van der Waals surface area contributed by atoms with Gasteiger partial charge in [-0.3, -0.25) is 0 Å². The number of alkyl halides is 1. The van der Waals surface area contributed by atoms with Crippen molar-refractivity contribution in [3.05, 3.63) is 64.2 Å². The van der Waals surface area contributed by atoms with Crippen LogP contribution in [-0.4, -0.2) is 5.60 Å². The fourth-order valence-corrected chi connectivity index (χ4v) is 3.47. The number of rotatable bonds is 2. The van der Waals surface area contributed by atoms with E-state index in [0.717, 1.165) is 12.2 Å². The Morgan fingerprint density at radius 1 is 1.00 bits per heavy atom. The van der Waals surface area contributed by atoms with E-state index < -0.39 is 0 Å². The van der Waals surface area contributed by atoms with Crippen molar-refractivity contribution >= 4 is 15.9 Å². The Morgan fingerprint density at radius 2 is 1.67 bits per heavy atom. The smallest absolute Gasteiger partial charge is 0.123 e. The minimum Gasteiger partial charge on any atom is -0.487 e. The standard InChI is InChI=1S/C19H21BrO/c1-12-5-6-14(9-13(12)2)18(20)15-7-8-17-16(10-15)11-19(3,4)21-17/h5-10,18H,11H2,1-4H3. The van der Waals surface area contributed by atoms with Crippen LogP contribution in [-0.2, 0) is 6.42 Å². The van der Waals surface area contributed by atoms with Gasteiger partial charge >= 0.3 is 0 Å². The fourth-order valence-electron chi connectivity index (χ4n) is 2.90. The molecule has 2 heteroatoms. The number of ether oxygens (including phenoxy) is 1. The van der Waals surface area contributed by atoms with Crippen LogP contribution in [0.1, 0.15) is 46.5 Å². The molecule has 0 spiro atoms. The molecule has 1 aliphatic rings.